The molecule has 1 heterocycles. The maximum absolute atomic E-state index is 4.68. The summed E-state index contributed by atoms with van der Waals surface area (Å²) >= 11 is 1.85. The predicted octanol–water partition coefficient (Wildman–Crippen LogP) is 5.16. The molecule has 0 bridgehead atoms. The topological polar surface area (TPSA) is 24.9 Å². The van der Waals surface area contributed by atoms with Crippen molar-refractivity contribution in [3.8, 4) is 0 Å². The smallest absolute Gasteiger partial charge is 0.110 e. The molecule has 0 aliphatic carbocycles. The van der Waals surface area contributed by atoms with Gasteiger partial charge in [0.05, 0.1) is 11.7 Å². The molecule has 0 saturated carbocycles. The first-order chi connectivity index (χ1) is 9.19. The van der Waals surface area contributed by atoms with Gasteiger partial charge in [0.25, 0.3) is 0 Å². The number of thiazole rings is 1. The second-order valence-corrected chi connectivity index (χ2v) is 6.68. The quantitative estimate of drug-likeness (QED) is 0.599. The molecule has 0 saturated heterocycles. The maximum Gasteiger partial charge on any atom is 0.110 e. The Labute approximate surface area is 123 Å². The molecule has 3 heteroatoms. The third-order valence-corrected chi connectivity index (χ3v) is 4.97. The summed E-state index contributed by atoms with van der Waals surface area (Å²) < 4.78 is 0. The average molecular weight is 282 g/mol. The first-order valence-corrected chi connectivity index (χ1v) is 8.61. The minimum atomic E-state index is 0.452. The van der Waals surface area contributed by atoms with Gasteiger partial charge in [-0.2, -0.15) is 0 Å². The lowest BCUT2D eigenvalue weighted by Gasteiger charge is -2.13. The van der Waals surface area contributed by atoms with Crippen LogP contribution in [0.3, 0.4) is 0 Å². The molecule has 2 nitrogen and oxygen atoms in total. The van der Waals surface area contributed by atoms with Crippen LogP contribution < -0.4 is 5.32 Å². The second-order valence-electron chi connectivity index (χ2n) is 5.44. The van der Waals surface area contributed by atoms with Crippen molar-refractivity contribution < 1.29 is 0 Å². The molecule has 0 amide bonds. The van der Waals surface area contributed by atoms with Gasteiger partial charge in [-0.1, -0.05) is 51.9 Å². The van der Waals surface area contributed by atoms with Gasteiger partial charge in [-0.25, -0.2) is 4.98 Å². The second kappa shape index (κ2) is 9.49. The lowest BCUT2D eigenvalue weighted by molar-refractivity contribution is 0.494. The van der Waals surface area contributed by atoms with Crippen molar-refractivity contribution in [2.45, 2.75) is 78.2 Å². The van der Waals surface area contributed by atoms with E-state index in [1.165, 1.54) is 66.9 Å². The van der Waals surface area contributed by atoms with E-state index in [9.17, 15) is 0 Å². The van der Waals surface area contributed by atoms with Crippen LogP contribution in [0.1, 0.15) is 79.9 Å². The third kappa shape index (κ3) is 6.05. The summed E-state index contributed by atoms with van der Waals surface area (Å²) in [6, 6.07) is 0.452. The van der Waals surface area contributed by atoms with Crippen molar-refractivity contribution in [3.05, 3.63) is 15.6 Å². The molecule has 1 aromatic heterocycles. The van der Waals surface area contributed by atoms with E-state index in [-0.39, 0.29) is 0 Å². The Balaban J connectivity index is 2.22. The summed E-state index contributed by atoms with van der Waals surface area (Å²) in [4.78, 5) is 6.03. The molecule has 0 fully saturated rings. The van der Waals surface area contributed by atoms with E-state index in [2.05, 4.69) is 38.1 Å². The number of unbranched alkanes of at least 4 members (excludes halogenated alkanes) is 6. The number of hydrogen-bond donors (Lipinski definition) is 1. The highest BCUT2D eigenvalue weighted by molar-refractivity contribution is 7.11. The Bertz CT molecular complexity index is 327. The van der Waals surface area contributed by atoms with Crippen molar-refractivity contribution >= 4 is 11.3 Å². The van der Waals surface area contributed by atoms with Gasteiger partial charge >= 0.3 is 0 Å². The zero-order valence-corrected chi connectivity index (χ0v) is 13.9. The molecule has 1 atom stereocenters. The van der Waals surface area contributed by atoms with Gasteiger partial charge in [0.2, 0.25) is 0 Å². The molecule has 0 spiro atoms. The van der Waals surface area contributed by atoms with E-state index >= 15 is 0 Å². The number of hydrogen-bond acceptors (Lipinski definition) is 3. The Morgan fingerprint density at radius 2 is 1.68 bits per heavy atom. The monoisotopic (exact) mass is 282 g/mol. The van der Waals surface area contributed by atoms with Crippen LogP contribution >= 0.6 is 11.3 Å². The molecule has 19 heavy (non-hydrogen) atoms. The highest BCUT2D eigenvalue weighted by atomic mass is 32.1. The van der Waals surface area contributed by atoms with Crippen molar-refractivity contribution in [2.75, 3.05) is 7.05 Å². The Morgan fingerprint density at radius 3 is 2.21 bits per heavy atom. The minimum absolute atomic E-state index is 0.452. The molecule has 0 aromatic carbocycles. The largest absolute Gasteiger partial charge is 0.311 e. The van der Waals surface area contributed by atoms with E-state index in [1.54, 1.807) is 0 Å². The lowest BCUT2D eigenvalue weighted by Crippen LogP contribution is -2.16. The maximum atomic E-state index is 4.68. The van der Waals surface area contributed by atoms with Gasteiger partial charge in [-0.3, -0.25) is 0 Å². The first kappa shape index (κ1) is 16.6. The van der Waals surface area contributed by atoms with Crippen LogP contribution in [0.5, 0.6) is 0 Å². The van der Waals surface area contributed by atoms with Crippen molar-refractivity contribution in [1.82, 2.24) is 10.3 Å². The Morgan fingerprint density at radius 1 is 1.05 bits per heavy atom. The van der Waals surface area contributed by atoms with Crippen LogP contribution in [0.25, 0.3) is 0 Å². The molecule has 1 N–H and O–H groups in total. The normalized spacial score (nSPS) is 12.8. The summed E-state index contributed by atoms with van der Waals surface area (Å²) in [6.07, 6.45) is 10.9. The highest BCUT2D eigenvalue weighted by Gasteiger charge is 2.14. The Kier molecular flexibility index (Phi) is 8.31. The van der Waals surface area contributed by atoms with Crippen molar-refractivity contribution in [2.24, 2.45) is 0 Å². The summed E-state index contributed by atoms with van der Waals surface area (Å²) in [5.41, 5.74) is 1.19. The fourth-order valence-electron chi connectivity index (χ4n) is 2.34. The zero-order chi connectivity index (χ0) is 14.1. The molecule has 0 radical (unpaired) electrons. The van der Waals surface area contributed by atoms with E-state index in [1.807, 2.05) is 11.3 Å². The Hall–Kier alpha value is -0.410. The summed E-state index contributed by atoms with van der Waals surface area (Å²) in [5, 5.41) is 4.69. The predicted molar refractivity (Wildman–Crippen MR) is 86.0 cm³/mol. The summed E-state index contributed by atoms with van der Waals surface area (Å²) in [5.74, 6) is 0. The van der Waals surface area contributed by atoms with Gasteiger partial charge in [-0.15, -0.1) is 11.3 Å². The molecule has 0 aliphatic rings. The summed E-state index contributed by atoms with van der Waals surface area (Å²) in [7, 11) is 2.05. The van der Waals surface area contributed by atoms with Gasteiger partial charge in [0.15, 0.2) is 0 Å². The van der Waals surface area contributed by atoms with Crippen LogP contribution in [-0.2, 0) is 0 Å². The molecule has 1 unspecified atom stereocenters. The minimum Gasteiger partial charge on any atom is -0.311 e. The molecule has 110 valence electrons. The number of aryl methyl sites for hydroxylation is 2. The van der Waals surface area contributed by atoms with E-state index in [4.69, 9.17) is 0 Å². The van der Waals surface area contributed by atoms with Gasteiger partial charge < -0.3 is 5.32 Å². The van der Waals surface area contributed by atoms with Gasteiger partial charge in [0, 0.05) is 4.88 Å². The van der Waals surface area contributed by atoms with Crippen LogP contribution in [0.15, 0.2) is 0 Å². The number of aromatic nitrogens is 1. The SMILES string of the molecule is CCCCCCCCCC(NC)c1nc(C)c(C)s1. The van der Waals surface area contributed by atoms with Crippen molar-refractivity contribution in [3.63, 3.8) is 0 Å². The zero-order valence-electron chi connectivity index (χ0n) is 13.1. The van der Waals surface area contributed by atoms with Crippen LogP contribution in [-0.4, -0.2) is 12.0 Å². The van der Waals surface area contributed by atoms with E-state index in [0.717, 1.165) is 0 Å². The highest BCUT2D eigenvalue weighted by Crippen LogP contribution is 2.26. The third-order valence-electron chi connectivity index (χ3n) is 3.79. The molecular formula is C16H30N2S. The fourth-order valence-corrected chi connectivity index (χ4v) is 3.41. The van der Waals surface area contributed by atoms with Crippen molar-refractivity contribution in [1.29, 1.82) is 0 Å². The molecular weight excluding hydrogens is 252 g/mol. The lowest BCUT2D eigenvalue weighted by atomic mass is 10.1. The number of nitrogens with zero attached hydrogens (tertiary/aromatic N) is 1. The van der Waals surface area contributed by atoms with Crippen LogP contribution in [0, 0.1) is 13.8 Å². The van der Waals surface area contributed by atoms with Crippen LogP contribution in [0.2, 0.25) is 0 Å². The standard InChI is InChI=1S/C16H30N2S/c1-5-6-7-8-9-10-11-12-15(17-4)16-18-13(2)14(3)19-16/h15,17H,5-12H2,1-4H3. The van der Waals surface area contributed by atoms with E-state index < -0.39 is 0 Å². The van der Waals surface area contributed by atoms with Gasteiger partial charge in [-0.05, 0) is 27.3 Å². The first-order valence-electron chi connectivity index (χ1n) is 7.80. The van der Waals surface area contributed by atoms with Gasteiger partial charge in [0.1, 0.15) is 5.01 Å². The fraction of sp³-hybridized carbons (Fsp3) is 0.812. The number of nitrogens with one attached hydrogen (secondary N) is 1. The molecule has 0 aliphatic heterocycles. The number of rotatable bonds is 10. The van der Waals surface area contributed by atoms with Crippen LogP contribution in [0.4, 0.5) is 0 Å². The molecule has 1 rings (SSSR count). The molecule has 1 aromatic rings. The van der Waals surface area contributed by atoms with E-state index in [0.29, 0.717) is 6.04 Å². The average Bonchev–Trinajstić information content (AvgIpc) is 2.73. The summed E-state index contributed by atoms with van der Waals surface area (Å²) in [6.45, 7) is 6.54.